The Morgan fingerprint density at radius 2 is 2.17 bits per heavy atom. The Labute approximate surface area is 116 Å². The lowest BCUT2D eigenvalue weighted by molar-refractivity contribution is 0.0697. The summed E-state index contributed by atoms with van der Waals surface area (Å²) in [5.74, 6) is -0.139. The lowest BCUT2D eigenvalue weighted by atomic mass is 9.92. The van der Waals surface area contributed by atoms with Crippen LogP contribution in [0.4, 0.5) is 5.69 Å². The number of carboxylic acid groups (broad SMARTS) is 1. The molecule has 0 bridgehead atoms. The van der Waals surface area contributed by atoms with E-state index in [1.54, 1.807) is 12.1 Å². The van der Waals surface area contributed by atoms with Gasteiger partial charge in [0.25, 0.3) is 0 Å². The molecule has 2 unspecified atom stereocenters. The summed E-state index contributed by atoms with van der Waals surface area (Å²) in [7, 11) is 0. The van der Waals surface area contributed by atoms with Crippen molar-refractivity contribution in [2.24, 2.45) is 5.92 Å². The van der Waals surface area contributed by atoms with Gasteiger partial charge in [-0.15, -0.1) is 0 Å². The van der Waals surface area contributed by atoms with Gasteiger partial charge in [-0.3, -0.25) is 0 Å². The highest BCUT2D eigenvalue weighted by Crippen LogP contribution is 2.32. The first-order chi connectivity index (χ1) is 8.49. The molecule has 1 aromatic rings. The molecular formula is C14H18BrNO2. The SMILES string of the molecule is CC1CCN(c2cc(Br)ccc2C(=O)O)C(C)C1. The fraction of sp³-hybridized carbons (Fsp3) is 0.500. The highest BCUT2D eigenvalue weighted by molar-refractivity contribution is 9.10. The molecule has 2 atom stereocenters. The minimum atomic E-state index is -0.858. The van der Waals surface area contributed by atoms with Gasteiger partial charge in [0.1, 0.15) is 0 Å². The van der Waals surface area contributed by atoms with E-state index >= 15 is 0 Å². The number of carbonyl (C=O) groups is 1. The van der Waals surface area contributed by atoms with Crippen molar-refractivity contribution in [1.29, 1.82) is 0 Å². The molecule has 4 heteroatoms. The first-order valence-electron chi connectivity index (χ1n) is 6.28. The van der Waals surface area contributed by atoms with E-state index in [1.165, 1.54) is 0 Å². The Bertz CT molecular complexity index is 461. The van der Waals surface area contributed by atoms with Crippen LogP contribution in [-0.4, -0.2) is 23.7 Å². The number of hydrogen-bond donors (Lipinski definition) is 1. The number of rotatable bonds is 2. The molecule has 18 heavy (non-hydrogen) atoms. The summed E-state index contributed by atoms with van der Waals surface area (Å²) in [5.41, 5.74) is 1.22. The molecule has 3 nitrogen and oxygen atoms in total. The number of nitrogens with zero attached hydrogens (tertiary/aromatic N) is 1. The minimum Gasteiger partial charge on any atom is -0.478 e. The van der Waals surface area contributed by atoms with Gasteiger partial charge in [-0.05, 0) is 43.9 Å². The third kappa shape index (κ3) is 2.69. The molecule has 2 rings (SSSR count). The fourth-order valence-electron chi connectivity index (χ4n) is 2.69. The van der Waals surface area contributed by atoms with Gasteiger partial charge in [0.05, 0.1) is 11.3 Å². The molecule has 0 aromatic heterocycles. The maximum absolute atomic E-state index is 11.3. The van der Waals surface area contributed by atoms with Crippen LogP contribution in [0.25, 0.3) is 0 Å². The molecule has 0 radical (unpaired) electrons. The third-order valence-electron chi connectivity index (χ3n) is 3.64. The Hall–Kier alpha value is -1.03. The summed E-state index contributed by atoms with van der Waals surface area (Å²) in [4.78, 5) is 13.5. The van der Waals surface area contributed by atoms with Crippen molar-refractivity contribution in [3.63, 3.8) is 0 Å². The summed E-state index contributed by atoms with van der Waals surface area (Å²) >= 11 is 3.42. The molecule has 1 fully saturated rings. The van der Waals surface area contributed by atoms with Crippen LogP contribution in [0.3, 0.4) is 0 Å². The average molecular weight is 312 g/mol. The van der Waals surface area contributed by atoms with E-state index in [2.05, 4.69) is 34.7 Å². The highest BCUT2D eigenvalue weighted by atomic mass is 79.9. The Kier molecular flexibility index (Phi) is 3.95. The predicted octanol–water partition coefficient (Wildman–Crippen LogP) is 3.77. The van der Waals surface area contributed by atoms with Crippen molar-refractivity contribution in [2.45, 2.75) is 32.7 Å². The second-order valence-electron chi connectivity index (χ2n) is 5.14. The van der Waals surface area contributed by atoms with E-state index in [1.807, 2.05) is 6.07 Å². The van der Waals surface area contributed by atoms with Crippen LogP contribution in [0.2, 0.25) is 0 Å². The molecule has 98 valence electrons. The Balaban J connectivity index is 2.37. The van der Waals surface area contributed by atoms with Crippen LogP contribution >= 0.6 is 15.9 Å². The summed E-state index contributed by atoms with van der Waals surface area (Å²) < 4.78 is 0.924. The molecule has 0 saturated carbocycles. The van der Waals surface area contributed by atoms with Gasteiger partial charge in [-0.25, -0.2) is 4.79 Å². The van der Waals surface area contributed by atoms with Crippen molar-refractivity contribution >= 4 is 27.6 Å². The summed E-state index contributed by atoms with van der Waals surface area (Å²) in [6, 6.07) is 5.76. The van der Waals surface area contributed by atoms with Gasteiger partial charge >= 0.3 is 5.97 Å². The number of halogens is 1. The van der Waals surface area contributed by atoms with E-state index < -0.39 is 5.97 Å². The molecular weight excluding hydrogens is 294 g/mol. The largest absolute Gasteiger partial charge is 0.478 e. The lowest BCUT2D eigenvalue weighted by Gasteiger charge is -2.39. The van der Waals surface area contributed by atoms with E-state index in [0.29, 0.717) is 11.6 Å². The van der Waals surface area contributed by atoms with Crippen LogP contribution in [-0.2, 0) is 0 Å². The zero-order valence-electron chi connectivity index (χ0n) is 10.7. The standard InChI is InChI=1S/C14H18BrNO2/c1-9-5-6-16(10(2)7-9)13-8-11(15)3-4-12(13)14(17)18/h3-4,8-10H,5-7H2,1-2H3,(H,17,18). The Morgan fingerprint density at radius 3 is 2.78 bits per heavy atom. The molecule has 1 saturated heterocycles. The summed E-state index contributed by atoms with van der Waals surface area (Å²) in [6.07, 6.45) is 2.24. The number of anilines is 1. The van der Waals surface area contributed by atoms with E-state index in [-0.39, 0.29) is 0 Å². The van der Waals surface area contributed by atoms with Crippen molar-refractivity contribution in [3.8, 4) is 0 Å². The molecule has 1 aliphatic rings. The topological polar surface area (TPSA) is 40.5 Å². The van der Waals surface area contributed by atoms with Crippen molar-refractivity contribution in [2.75, 3.05) is 11.4 Å². The van der Waals surface area contributed by atoms with Gasteiger partial charge in [-0.1, -0.05) is 22.9 Å². The molecule has 1 aliphatic heterocycles. The zero-order valence-corrected chi connectivity index (χ0v) is 12.3. The molecule has 1 aromatic carbocycles. The normalized spacial score (nSPS) is 24.1. The fourth-order valence-corrected chi connectivity index (χ4v) is 3.04. The third-order valence-corrected chi connectivity index (χ3v) is 4.13. The smallest absolute Gasteiger partial charge is 0.337 e. The Morgan fingerprint density at radius 1 is 1.44 bits per heavy atom. The van der Waals surface area contributed by atoms with Crippen molar-refractivity contribution < 1.29 is 9.90 Å². The maximum Gasteiger partial charge on any atom is 0.337 e. The number of piperidine rings is 1. The van der Waals surface area contributed by atoms with Gasteiger partial charge in [0.2, 0.25) is 0 Å². The first-order valence-corrected chi connectivity index (χ1v) is 7.08. The van der Waals surface area contributed by atoms with Crippen LogP contribution < -0.4 is 4.90 Å². The van der Waals surface area contributed by atoms with Gasteiger partial charge in [0.15, 0.2) is 0 Å². The molecule has 0 aliphatic carbocycles. The van der Waals surface area contributed by atoms with E-state index in [0.717, 1.165) is 35.5 Å². The van der Waals surface area contributed by atoms with Gasteiger partial charge in [-0.2, -0.15) is 0 Å². The first kappa shape index (κ1) is 13.4. The van der Waals surface area contributed by atoms with Gasteiger partial charge in [0, 0.05) is 17.1 Å². The number of aromatic carboxylic acids is 1. The molecule has 0 amide bonds. The zero-order chi connectivity index (χ0) is 13.3. The number of hydrogen-bond acceptors (Lipinski definition) is 2. The number of benzene rings is 1. The lowest BCUT2D eigenvalue weighted by Crippen LogP contribution is -2.41. The van der Waals surface area contributed by atoms with Crippen molar-refractivity contribution in [1.82, 2.24) is 0 Å². The van der Waals surface area contributed by atoms with Crippen LogP contribution in [0.5, 0.6) is 0 Å². The molecule has 1 N–H and O–H groups in total. The van der Waals surface area contributed by atoms with Crippen LogP contribution in [0.15, 0.2) is 22.7 Å². The predicted molar refractivity (Wildman–Crippen MR) is 76.3 cm³/mol. The van der Waals surface area contributed by atoms with Crippen LogP contribution in [0.1, 0.15) is 37.0 Å². The maximum atomic E-state index is 11.3. The monoisotopic (exact) mass is 311 g/mol. The summed E-state index contributed by atoms with van der Waals surface area (Å²) in [6.45, 7) is 5.36. The van der Waals surface area contributed by atoms with E-state index in [9.17, 15) is 9.90 Å². The van der Waals surface area contributed by atoms with E-state index in [4.69, 9.17) is 0 Å². The average Bonchev–Trinajstić information content (AvgIpc) is 2.28. The summed E-state index contributed by atoms with van der Waals surface area (Å²) in [5, 5.41) is 9.28. The second kappa shape index (κ2) is 5.31. The van der Waals surface area contributed by atoms with Crippen molar-refractivity contribution in [3.05, 3.63) is 28.2 Å². The quantitative estimate of drug-likeness (QED) is 0.903. The van der Waals surface area contributed by atoms with Crippen LogP contribution in [0, 0.1) is 5.92 Å². The molecule has 0 spiro atoms. The minimum absolute atomic E-state index is 0.389. The second-order valence-corrected chi connectivity index (χ2v) is 6.05. The van der Waals surface area contributed by atoms with Gasteiger partial charge < -0.3 is 10.0 Å². The molecule has 1 heterocycles. The highest BCUT2D eigenvalue weighted by Gasteiger charge is 2.26. The number of carboxylic acids is 1.